The predicted molar refractivity (Wildman–Crippen MR) is 46.8 cm³/mol. The minimum Gasteiger partial charge on any atom is -0.387 e. The number of benzene rings is 1. The maximum Gasteiger partial charge on any atom is 0.0995 e. The molecule has 0 heterocycles. The molecular formula is C9H8ClNO. The standard InChI is InChI=1S/C9H8ClNO/c10-5-9(12)8-4-2-1-3-7(8)6-11/h1-4,9,12H,5H2. The molecule has 0 saturated heterocycles. The molecule has 3 heteroatoms. The number of halogens is 1. The van der Waals surface area contributed by atoms with E-state index in [1.54, 1.807) is 24.3 Å². The van der Waals surface area contributed by atoms with Crippen LogP contribution in [0.1, 0.15) is 17.2 Å². The van der Waals surface area contributed by atoms with Crippen molar-refractivity contribution >= 4 is 11.6 Å². The molecule has 0 spiro atoms. The number of aliphatic hydroxyl groups excluding tert-OH is 1. The number of hydrogen-bond donors (Lipinski definition) is 1. The van der Waals surface area contributed by atoms with Gasteiger partial charge in [0, 0.05) is 0 Å². The molecule has 1 aromatic carbocycles. The molecule has 1 atom stereocenters. The van der Waals surface area contributed by atoms with Crippen LogP contribution < -0.4 is 0 Å². The highest BCUT2D eigenvalue weighted by atomic mass is 35.5. The SMILES string of the molecule is N#Cc1ccccc1C(O)CCl. The third-order valence-electron chi connectivity index (χ3n) is 1.59. The smallest absolute Gasteiger partial charge is 0.0995 e. The van der Waals surface area contributed by atoms with Crippen molar-refractivity contribution in [1.29, 1.82) is 5.26 Å². The van der Waals surface area contributed by atoms with Gasteiger partial charge < -0.3 is 5.11 Å². The van der Waals surface area contributed by atoms with E-state index in [1.165, 1.54) is 0 Å². The number of aliphatic hydroxyl groups is 1. The first kappa shape index (κ1) is 9.05. The number of hydrogen-bond acceptors (Lipinski definition) is 2. The lowest BCUT2D eigenvalue weighted by Gasteiger charge is -2.07. The zero-order valence-electron chi connectivity index (χ0n) is 6.37. The van der Waals surface area contributed by atoms with Gasteiger partial charge in [-0.2, -0.15) is 5.26 Å². The summed E-state index contributed by atoms with van der Waals surface area (Å²) in [6.45, 7) is 0. The summed E-state index contributed by atoms with van der Waals surface area (Å²) in [7, 11) is 0. The van der Waals surface area contributed by atoms with Crippen molar-refractivity contribution in [2.75, 3.05) is 5.88 Å². The Kier molecular flexibility index (Phi) is 3.09. The fourth-order valence-corrected chi connectivity index (χ4v) is 1.14. The van der Waals surface area contributed by atoms with Crippen LogP contribution in [0.5, 0.6) is 0 Å². The highest BCUT2D eigenvalue weighted by Gasteiger charge is 2.09. The molecule has 0 bridgehead atoms. The van der Waals surface area contributed by atoms with Crippen molar-refractivity contribution in [2.24, 2.45) is 0 Å². The Morgan fingerprint density at radius 1 is 1.50 bits per heavy atom. The van der Waals surface area contributed by atoms with Gasteiger partial charge in [-0.25, -0.2) is 0 Å². The van der Waals surface area contributed by atoms with Gasteiger partial charge >= 0.3 is 0 Å². The predicted octanol–water partition coefficient (Wildman–Crippen LogP) is 1.83. The molecule has 1 rings (SSSR count). The normalized spacial score (nSPS) is 12.1. The van der Waals surface area contributed by atoms with Gasteiger partial charge in [0.25, 0.3) is 0 Å². The van der Waals surface area contributed by atoms with Crippen molar-refractivity contribution in [3.05, 3.63) is 35.4 Å². The third kappa shape index (κ3) is 1.76. The molecule has 0 radical (unpaired) electrons. The van der Waals surface area contributed by atoms with Gasteiger partial charge in [0.05, 0.1) is 23.6 Å². The van der Waals surface area contributed by atoms with Crippen molar-refractivity contribution in [1.82, 2.24) is 0 Å². The Morgan fingerprint density at radius 3 is 2.75 bits per heavy atom. The van der Waals surface area contributed by atoms with Crippen LogP contribution in [0.4, 0.5) is 0 Å². The summed E-state index contributed by atoms with van der Waals surface area (Å²) in [5.74, 6) is 0.110. The molecule has 0 aliphatic rings. The lowest BCUT2D eigenvalue weighted by Crippen LogP contribution is -2.00. The summed E-state index contributed by atoms with van der Waals surface area (Å²) in [4.78, 5) is 0. The maximum absolute atomic E-state index is 9.36. The van der Waals surface area contributed by atoms with Crippen molar-refractivity contribution < 1.29 is 5.11 Å². The monoisotopic (exact) mass is 181 g/mol. The second kappa shape index (κ2) is 4.10. The van der Waals surface area contributed by atoms with Crippen LogP contribution in [-0.4, -0.2) is 11.0 Å². The van der Waals surface area contributed by atoms with Gasteiger partial charge in [-0.3, -0.25) is 0 Å². The number of rotatable bonds is 2. The number of nitriles is 1. The molecule has 0 saturated carbocycles. The molecule has 2 nitrogen and oxygen atoms in total. The van der Waals surface area contributed by atoms with E-state index in [1.807, 2.05) is 6.07 Å². The zero-order chi connectivity index (χ0) is 8.97. The highest BCUT2D eigenvalue weighted by molar-refractivity contribution is 6.18. The second-order valence-electron chi connectivity index (χ2n) is 2.37. The van der Waals surface area contributed by atoms with Gasteiger partial charge in [-0.15, -0.1) is 11.6 Å². The lowest BCUT2D eigenvalue weighted by atomic mass is 10.0. The van der Waals surface area contributed by atoms with Crippen LogP contribution in [0.3, 0.4) is 0 Å². The molecule has 0 aliphatic carbocycles. The average Bonchev–Trinajstić information content (AvgIpc) is 2.16. The van der Waals surface area contributed by atoms with Crippen molar-refractivity contribution in [3.8, 4) is 6.07 Å². The third-order valence-corrected chi connectivity index (χ3v) is 1.88. The van der Waals surface area contributed by atoms with Crippen LogP contribution in [0.15, 0.2) is 24.3 Å². The summed E-state index contributed by atoms with van der Waals surface area (Å²) in [6.07, 6.45) is -0.748. The van der Waals surface area contributed by atoms with Crippen molar-refractivity contribution in [2.45, 2.75) is 6.10 Å². The van der Waals surface area contributed by atoms with E-state index in [2.05, 4.69) is 0 Å². The number of nitrogens with zero attached hydrogens (tertiary/aromatic N) is 1. The van der Waals surface area contributed by atoms with E-state index in [4.69, 9.17) is 16.9 Å². The molecule has 0 aromatic heterocycles. The van der Waals surface area contributed by atoms with Crippen LogP contribution in [-0.2, 0) is 0 Å². The average molecular weight is 182 g/mol. The van der Waals surface area contributed by atoms with E-state index in [0.29, 0.717) is 11.1 Å². The maximum atomic E-state index is 9.36. The zero-order valence-corrected chi connectivity index (χ0v) is 7.12. The van der Waals surface area contributed by atoms with Crippen molar-refractivity contribution in [3.63, 3.8) is 0 Å². The van der Waals surface area contributed by atoms with E-state index in [0.717, 1.165) is 0 Å². The van der Waals surface area contributed by atoms with Gasteiger partial charge in [0.2, 0.25) is 0 Å². The Hall–Kier alpha value is -1.04. The molecule has 12 heavy (non-hydrogen) atoms. The summed E-state index contributed by atoms with van der Waals surface area (Å²) < 4.78 is 0. The molecule has 0 amide bonds. The molecule has 1 N–H and O–H groups in total. The highest BCUT2D eigenvalue weighted by Crippen LogP contribution is 2.17. The molecule has 1 unspecified atom stereocenters. The summed E-state index contributed by atoms with van der Waals surface area (Å²) in [5.41, 5.74) is 1.07. The Balaban J connectivity index is 3.07. The minimum atomic E-state index is -0.748. The van der Waals surface area contributed by atoms with E-state index in [9.17, 15) is 5.11 Å². The fraction of sp³-hybridized carbons (Fsp3) is 0.222. The number of alkyl halides is 1. The molecule has 0 aliphatic heterocycles. The minimum absolute atomic E-state index is 0.110. The first-order valence-electron chi connectivity index (χ1n) is 3.52. The first-order chi connectivity index (χ1) is 5.79. The Labute approximate surface area is 76.0 Å². The second-order valence-corrected chi connectivity index (χ2v) is 2.68. The first-order valence-corrected chi connectivity index (χ1v) is 4.06. The Bertz CT molecular complexity index is 306. The van der Waals surface area contributed by atoms with Crippen LogP contribution >= 0.6 is 11.6 Å². The fourth-order valence-electron chi connectivity index (χ4n) is 0.973. The van der Waals surface area contributed by atoms with E-state index < -0.39 is 6.10 Å². The van der Waals surface area contributed by atoms with Gasteiger partial charge in [-0.05, 0) is 11.6 Å². The quantitative estimate of drug-likeness (QED) is 0.708. The molecule has 62 valence electrons. The largest absolute Gasteiger partial charge is 0.387 e. The summed E-state index contributed by atoms with van der Waals surface area (Å²) >= 11 is 5.46. The van der Waals surface area contributed by atoms with E-state index >= 15 is 0 Å². The van der Waals surface area contributed by atoms with Gasteiger partial charge in [0.1, 0.15) is 0 Å². The van der Waals surface area contributed by atoms with Crippen LogP contribution in [0.25, 0.3) is 0 Å². The molecular weight excluding hydrogens is 174 g/mol. The van der Waals surface area contributed by atoms with E-state index in [-0.39, 0.29) is 5.88 Å². The molecule has 0 fully saturated rings. The van der Waals surface area contributed by atoms with Gasteiger partial charge in [-0.1, -0.05) is 18.2 Å². The topological polar surface area (TPSA) is 44.0 Å². The Morgan fingerprint density at radius 2 is 2.17 bits per heavy atom. The van der Waals surface area contributed by atoms with Crippen LogP contribution in [0, 0.1) is 11.3 Å². The van der Waals surface area contributed by atoms with Crippen LogP contribution in [0.2, 0.25) is 0 Å². The molecule has 1 aromatic rings. The van der Waals surface area contributed by atoms with Gasteiger partial charge in [0.15, 0.2) is 0 Å². The lowest BCUT2D eigenvalue weighted by molar-refractivity contribution is 0.202. The summed E-state index contributed by atoms with van der Waals surface area (Å²) in [5, 5.41) is 18.0. The summed E-state index contributed by atoms with van der Waals surface area (Å²) in [6, 6.07) is 8.87.